The molecule has 8 N–H and O–H groups in total. The van der Waals surface area contributed by atoms with Crippen LogP contribution in [0.3, 0.4) is 0 Å². The van der Waals surface area contributed by atoms with Crippen LogP contribution in [-0.4, -0.2) is 109 Å². The molecule has 1 aliphatic heterocycles. The molecule has 0 amide bonds. The third-order valence-corrected chi connectivity index (χ3v) is 5.31. The summed E-state index contributed by atoms with van der Waals surface area (Å²) in [6, 6.07) is 3.85. The van der Waals surface area contributed by atoms with Gasteiger partial charge in [-0.2, -0.15) is 0 Å². The average molecular weight is 470 g/mol. The van der Waals surface area contributed by atoms with Gasteiger partial charge < -0.3 is 55.1 Å². The summed E-state index contributed by atoms with van der Waals surface area (Å²) in [5.74, 6) is -1.66. The monoisotopic (exact) mass is 470 g/mol. The first kappa shape index (κ1) is 25.1. The number of hydrogen-bond acceptors (Lipinski definition) is 12. The van der Waals surface area contributed by atoms with Gasteiger partial charge in [0.15, 0.2) is 23.9 Å². The summed E-state index contributed by atoms with van der Waals surface area (Å²) in [7, 11) is 0. The van der Waals surface area contributed by atoms with E-state index in [-0.39, 0.29) is 11.5 Å². The Kier molecular flexibility index (Phi) is 8.05. The van der Waals surface area contributed by atoms with Gasteiger partial charge >= 0.3 is 5.97 Å². The second-order valence-electron chi connectivity index (χ2n) is 7.65. The standard InChI is InChI=1S/C21H26O12/c22-8-14-16(27)18(29)19(30)21(32-14)31-13-5-4-11(24)20(17(13)28)33-15(26)6-2-9-1-3-10(23)12(25)7-9/h1-7,11,13-14,16-25,27-30H,8H2/b6-2+/t11-,13-,14+,16+,17+,18-,19+,20+,21+/m1/s1. The van der Waals surface area contributed by atoms with Crippen LogP contribution in [0.5, 0.6) is 11.5 Å². The Morgan fingerprint density at radius 2 is 1.70 bits per heavy atom. The normalized spacial score (nSPS) is 36.7. The molecule has 0 aromatic heterocycles. The van der Waals surface area contributed by atoms with Gasteiger partial charge in [0.25, 0.3) is 0 Å². The molecule has 1 aromatic carbocycles. The largest absolute Gasteiger partial charge is 0.504 e. The summed E-state index contributed by atoms with van der Waals surface area (Å²) >= 11 is 0. The SMILES string of the molecule is O=C(/C=C/c1ccc(O)c(O)c1)O[C@@H]1[C@@H](O)[C@H](O[C@H]2O[C@@H](CO)[C@H](O)[C@@H](O)[C@@H]2O)C=C[C@H]1O. The van der Waals surface area contributed by atoms with Crippen molar-refractivity contribution in [3.63, 3.8) is 0 Å². The predicted molar refractivity (Wildman–Crippen MR) is 108 cm³/mol. The molecule has 12 nitrogen and oxygen atoms in total. The average Bonchev–Trinajstić information content (AvgIpc) is 2.79. The number of aromatic hydroxyl groups is 2. The van der Waals surface area contributed by atoms with Crippen molar-refractivity contribution in [2.45, 2.75) is 55.1 Å². The van der Waals surface area contributed by atoms with Crippen LogP contribution in [0, 0.1) is 0 Å². The number of esters is 1. The first-order chi connectivity index (χ1) is 15.6. The first-order valence-electron chi connectivity index (χ1n) is 10.0. The van der Waals surface area contributed by atoms with Crippen molar-refractivity contribution in [1.82, 2.24) is 0 Å². The molecule has 33 heavy (non-hydrogen) atoms. The van der Waals surface area contributed by atoms with Gasteiger partial charge in [0, 0.05) is 6.08 Å². The van der Waals surface area contributed by atoms with E-state index >= 15 is 0 Å². The number of hydrogen-bond donors (Lipinski definition) is 8. The molecule has 1 saturated heterocycles. The number of phenolic OH excluding ortho intramolecular Hbond substituents is 2. The van der Waals surface area contributed by atoms with E-state index in [0.29, 0.717) is 5.56 Å². The molecule has 0 bridgehead atoms. The lowest BCUT2D eigenvalue weighted by molar-refractivity contribution is -0.315. The molecule has 0 unspecified atom stereocenters. The maximum absolute atomic E-state index is 12.2. The van der Waals surface area contributed by atoms with Gasteiger partial charge in [0.2, 0.25) is 0 Å². The lowest BCUT2D eigenvalue weighted by Gasteiger charge is -2.42. The number of carbonyl (C=O) groups excluding carboxylic acids is 1. The fraction of sp³-hybridized carbons (Fsp3) is 0.476. The topological polar surface area (TPSA) is 207 Å². The van der Waals surface area contributed by atoms with Crippen molar-refractivity contribution in [3.05, 3.63) is 42.0 Å². The summed E-state index contributed by atoms with van der Waals surface area (Å²) in [5, 5.41) is 78.5. The van der Waals surface area contributed by atoms with E-state index in [0.717, 1.165) is 6.08 Å². The Morgan fingerprint density at radius 3 is 2.36 bits per heavy atom. The fourth-order valence-corrected chi connectivity index (χ4v) is 3.42. The van der Waals surface area contributed by atoms with Crippen LogP contribution in [0.2, 0.25) is 0 Å². The molecule has 2 aliphatic rings. The van der Waals surface area contributed by atoms with Gasteiger partial charge in [0.1, 0.15) is 42.7 Å². The van der Waals surface area contributed by atoms with E-state index in [4.69, 9.17) is 14.2 Å². The molecule has 9 atom stereocenters. The molecular weight excluding hydrogens is 444 g/mol. The van der Waals surface area contributed by atoms with E-state index < -0.39 is 67.7 Å². The van der Waals surface area contributed by atoms with E-state index in [1.54, 1.807) is 0 Å². The highest BCUT2D eigenvalue weighted by Gasteiger charge is 2.47. The zero-order valence-corrected chi connectivity index (χ0v) is 17.2. The summed E-state index contributed by atoms with van der Waals surface area (Å²) in [6.45, 7) is -0.669. The van der Waals surface area contributed by atoms with Crippen LogP contribution >= 0.6 is 0 Å². The summed E-state index contributed by atoms with van der Waals surface area (Å²) < 4.78 is 15.8. The quantitative estimate of drug-likeness (QED) is 0.0940. The van der Waals surface area contributed by atoms with E-state index in [1.807, 2.05) is 0 Å². The number of ether oxygens (including phenoxy) is 3. The maximum atomic E-state index is 12.2. The Labute approximate surface area is 187 Å². The van der Waals surface area contributed by atoms with Crippen LogP contribution in [0.25, 0.3) is 6.08 Å². The minimum absolute atomic E-state index is 0.333. The van der Waals surface area contributed by atoms with Gasteiger partial charge in [0.05, 0.1) is 6.61 Å². The highest BCUT2D eigenvalue weighted by atomic mass is 16.7. The van der Waals surface area contributed by atoms with Crippen LogP contribution in [0.15, 0.2) is 36.4 Å². The molecule has 0 spiro atoms. The highest BCUT2D eigenvalue weighted by molar-refractivity contribution is 5.87. The number of aliphatic hydroxyl groups is 6. The van der Waals surface area contributed by atoms with E-state index in [2.05, 4.69) is 0 Å². The van der Waals surface area contributed by atoms with Gasteiger partial charge in [-0.1, -0.05) is 18.2 Å². The number of carbonyl (C=O) groups is 1. The van der Waals surface area contributed by atoms with Crippen molar-refractivity contribution < 1.29 is 59.9 Å². The van der Waals surface area contributed by atoms with Crippen molar-refractivity contribution in [2.75, 3.05) is 6.61 Å². The fourth-order valence-electron chi connectivity index (χ4n) is 3.42. The van der Waals surface area contributed by atoms with Crippen LogP contribution in [0.4, 0.5) is 0 Å². The smallest absolute Gasteiger partial charge is 0.331 e. The van der Waals surface area contributed by atoms with Gasteiger partial charge in [-0.05, 0) is 23.8 Å². The van der Waals surface area contributed by atoms with E-state index in [1.165, 1.54) is 36.4 Å². The van der Waals surface area contributed by atoms with Crippen molar-refractivity contribution in [3.8, 4) is 11.5 Å². The van der Waals surface area contributed by atoms with E-state index in [9.17, 15) is 45.6 Å². The molecule has 1 fully saturated rings. The molecular formula is C21H26O12. The molecule has 3 rings (SSSR count). The van der Waals surface area contributed by atoms with Crippen LogP contribution in [-0.2, 0) is 19.0 Å². The second-order valence-corrected chi connectivity index (χ2v) is 7.65. The minimum Gasteiger partial charge on any atom is -0.504 e. The zero-order chi connectivity index (χ0) is 24.3. The molecule has 182 valence electrons. The Balaban J connectivity index is 1.64. The highest BCUT2D eigenvalue weighted by Crippen LogP contribution is 2.28. The summed E-state index contributed by atoms with van der Waals surface area (Å²) in [6.07, 6.45) is -8.74. The predicted octanol–water partition coefficient (Wildman–Crippen LogP) is -2.50. The number of rotatable bonds is 6. The molecule has 0 radical (unpaired) electrons. The molecule has 1 heterocycles. The van der Waals surface area contributed by atoms with Gasteiger partial charge in [-0.3, -0.25) is 0 Å². The molecule has 0 saturated carbocycles. The Morgan fingerprint density at radius 1 is 0.970 bits per heavy atom. The third-order valence-electron chi connectivity index (χ3n) is 5.31. The van der Waals surface area contributed by atoms with Crippen LogP contribution < -0.4 is 0 Å². The van der Waals surface area contributed by atoms with Crippen molar-refractivity contribution in [1.29, 1.82) is 0 Å². The number of benzene rings is 1. The third kappa shape index (κ3) is 5.69. The molecule has 12 heteroatoms. The summed E-state index contributed by atoms with van der Waals surface area (Å²) in [4.78, 5) is 12.2. The molecule has 1 aromatic rings. The number of phenols is 2. The number of aliphatic hydroxyl groups excluding tert-OH is 6. The summed E-state index contributed by atoms with van der Waals surface area (Å²) in [5.41, 5.74) is 0.371. The Hall–Kier alpha value is -2.55. The van der Waals surface area contributed by atoms with Crippen molar-refractivity contribution in [2.24, 2.45) is 0 Å². The second kappa shape index (κ2) is 10.6. The lowest BCUT2D eigenvalue weighted by Crippen LogP contribution is -2.61. The lowest BCUT2D eigenvalue weighted by atomic mass is 9.95. The first-order valence-corrected chi connectivity index (χ1v) is 10.0. The maximum Gasteiger partial charge on any atom is 0.331 e. The van der Waals surface area contributed by atoms with Crippen LogP contribution in [0.1, 0.15) is 5.56 Å². The molecule has 1 aliphatic carbocycles. The van der Waals surface area contributed by atoms with Gasteiger partial charge in [-0.15, -0.1) is 0 Å². The van der Waals surface area contributed by atoms with Gasteiger partial charge in [-0.25, -0.2) is 4.79 Å². The van der Waals surface area contributed by atoms with Crippen molar-refractivity contribution >= 4 is 12.0 Å². The minimum atomic E-state index is -1.71. The Bertz CT molecular complexity index is 884. The zero-order valence-electron chi connectivity index (χ0n) is 17.2.